The van der Waals surface area contributed by atoms with E-state index in [-0.39, 0.29) is 38.7 Å². The molecule has 2 atom stereocenters. The number of carbonyl (C=O) groups excluding carboxylic acids is 4. The number of halogens is 2. The molecule has 0 saturated carbocycles. The zero-order chi connectivity index (χ0) is 32.5. The number of aromatic nitrogens is 3. The number of nitrogens with one attached hydrogen (secondary N) is 4. The van der Waals surface area contributed by atoms with Crippen molar-refractivity contribution in [2.45, 2.75) is 62.6 Å². The molecule has 15 nitrogen and oxygen atoms in total. The molecule has 0 unspecified atom stereocenters. The quantitative estimate of drug-likeness (QED) is 0.0914. The lowest BCUT2D eigenvalue weighted by atomic mass is 10.0. The molecular weight excluding hydrogens is 708 g/mol. The average molecular weight is 748 g/mol. The normalized spacial score (nSPS) is 12.3. The van der Waals surface area contributed by atoms with Crippen LogP contribution in [0.15, 0.2) is 24.3 Å². The van der Waals surface area contributed by atoms with Gasteiger partial charge in [0.15, 0.2) is 0 Å². The van der Waals surface area contributed by atoms with Crippen molar-refractivity contribution in [1.29, 1.82) is 0 Å². The van der Waals surface area contributed by atoms with Crippen LogP contribution in [-0.2, 0) is 42.9 Å². The minimum atomic E-state index is -0.996. The second-order valence-electron chi connectivity index (χ2n) is 9.91. The van der Waals surface area contributed by atoms with Gasteiger partial charge in [0.25, 0.3) is 0 Å². The van der Waals surface area contributed by atoms with Crippen molar-refractivity contribution < 1.29 is 33.8 Å². The Kier molecular flexibility index (Phi) is 16.7. The van der Waals surface area contributed by atoms with Crippen LogP contribution in [0.4, 0.5) is 15.3 Å². The van der Waals surface area contributed by atoms with Crippen LogP contribution in [0, 0.1) is 5.92 Å². The van der Waals surface area contributed by atoms with Gasteiger partial charge in [0.1, 0.15) is 18.7 Å². The van der Waals surface area contributed by atoms with Crippen molar-refractivity contribution >= 4 is 61.5 Å². The smallest absolute Gasteiger partial charge is 0.407 e. The predicted octanol–water partition coefficient (Wildman–Crippen LogP) is 1.90. The molecule has 44 heavy (non-hydrogen) atoms. The molecule has 1 heterocycles. The number of nitrogens with zero attached hydrogens (tertiary/aromatic N) is 3. The summed E-state index contributed by atoms with van der Waals surface area (Å²) < 4.78 is 10.7. The SMILES string of the molecule is CC(C)[C@H](NC(=O)OCCOCCn1nc(CBr)c(CBr)n1)C(=O)N[C@@H](CCCNC(N)=O)C(=O)Nc1ccc(CO)cc1. The molecule has 1 aromatic heterocycles. The minimum absolute atomic E-state index is 0.0446. The topological polar surface area (TPSA) is 212 Å². The molecule has 0 fully saturated rings. The Balaban J connectivity index is 1.87. The summed E-state index contributed by atoms with van der Waals surface area (Å²) in [7, 11) is 0. The Bertz CT molecular complexity index is 1190. The number of nitrogens with two attached hydrogens (primary N) is 1. The number of primary amides is 1. The molecule has 0 bridgehead atoms. The van der Waals surface area contributed by atoms with Crippen LogP contribution in [0.3, 0.4) is 0 Å². The first-order valence-electron chi connectivity index (χ1n) is 14.0. The Hall–Kier alpha value is -3.28. The molecule has 17 heteroatoms. The first kappa shape index (κ1) is 36.9. The van der Waals surface area contributed by atoms with Gasteiger partial charge < -0.3 is 41.6 Å². The van der Waals surface area contributed by atoms with Gasteiger partial charge in [-0.2, -0.15) is 15.0 Å². The van der Waals surface area contributed by atoms with Crippen LogP contribution in [0.25, 0.3) is 0 Å². The summed E-state index contributed by atoms with van der Waals surface area (Å²) in [6.07, 6.45) is -0.281. The van der Waals surface area contributed by atoms with Crippen molar-refractivity contribution in [3.05, 3.63) is 41.2 Å². The van der Waals surface area contributed by atoms with E-state index in [1.54, 1.807) is 42.9 Å². The van der Waals surface area contributed by atoms with Gasteiger partial charge in [0.05, 0.1) is 37.8 Å². The number of carbonyl (C=O) groups is 4. The van der Waals surface area contributed by atoms with Gasteiger partial charge in [0, 0.05) is 22.9 Å². The highest BCUT2D eigenvalue weighted by Crippen LogP contribution is 2.13. The van der Waals surface area contributed by atoms with Crippen molar-refractivity contribution in [2.24, 2.45) is 11.7 Å². The maximum atomic E-state index is 13.2. The molecule has 244 valence electrons. The third kappa shape index (κ3) is 13.2. The highest BCUT2D eigenvalue weighted by molar-refractivity contribution is 9.09. The number of ether oxygens (including phenoxy) is 2. The van der Waals surface area contributed by atoms with Crippen molar-refractivity contribution in [3.63, 3.8) is 0 Å². The molecule has 0 aliphatic carbocycles. The van der Waals surface area contributed by atoms with Crippen LogP contribution in [-0.4, -0.2) is 82.5 Å². The number of urea groups is 1. The Labute approximate surface area is 272 Å². The molecule has 0 aliphatic heterocycles. The number of hydrogen-bond acceptors (Lipinski definition) is 9. The number of aliphatic hydroxyl groups excluding tert-OH is 1. The number of alkyl carbamates (subject to hydrolysis) is 1. The molecule has 0 saturated heterocycles. The number of aliphatic hydroxyl groups is 1. The van der Waals surface area contributed by atoms with Crippen molar-refractivity contribution in [1.82, 2.24) is 30.9 Å². The Morgan fingerprint density at radius 2 is 1.64 bits per heavy atom. The summed E-state index contributed by atoms with van der Waals surface area (Å²) in [5, 5.41) is 29.6. The van der Waals surface area contributed by atoms with Gasteiger partial charge in [-0.15, -0.1) is 0 Å². The first-order valence-corrected chi connectivity index (χ1v) is 16.2. The van der Waals surface area contributed by atoms with Gasteiger partial charge >= 0.3 is 12.1 Å². The zero-order valence-corrected chi connectivity index (χ0v) is 27.9. The van der Waals surface area contributed by atoms with Crippen LogP contribution in [0.5, 0.6) is 0 Å². The second-order valence-corrected chi connectivity index (χ2v) is 11.0. The third-order valence-electron chi connectivity index (χ3n) is 6.18. The number of amides is 5. The summed E-state index contributed by atoms with van der Waals surface area (Å²) in [4.78, 5) is 51.3. The lowest BCUT2D eigenvalue weighted by Crippen LogP contribution is -2.54. The average Bonchev–Trinajstić information content (AvgIpc) is 3.41. The van der Waals surface area contributed by atoms with Crippen molar-refractivity contribution in [2.75, 3.05) is 31.7 Å². The standard InChI is InChI=1S/C27H40Br2N8O7/c1-17(2)23(34-27(42)44-13-12-43-11-10-37-35-21(14-28)22(15-29)36-37)25(40)33-20(4-3-9-31-26(30)41)24(39)32-19-7-5-18(16-38)6-8-19/h5-8,17,20,23,38H,3-4,9-16H2,1-2H3,(H,32,39)(H,33,40)(H,34,42)(H3,30,31,41)/t20-,23-/m0/s1. The molecule has 0 radical (unpaired) electrons. The van der Waals surface area contributed by atoms with E-state index in [0.717, 1.165) is 11.4 Å². The third-order valence-corrected chi connectivity index (χ3v) is 7.25. The minimum Gasteiger partial charge on any atom is -0.447 e. The van der Waals surface area contributed by atoms with Gasteiger partial charge in [0.2, 0.25) is 11.8 Å². The summed E-state index contributed by atoms with van der Waals surface area (Å²) in [6.45, 7) is 4.37. The molecule has 7 N–H and O–H groups in total. The number of benzene rings is 1. The van der Waals surface area contributed by atoms with E-state index in [4.69, 9.17) is 15.2 Å². The van der Waals surface area contributed by atoms with E-state index >= 15 is 0 Å². The molecule has 0 spiro atoms. The monoisotopic (exact) mass is 746 g/mol. The van der Waals surface area contributed by atoms with Gasteiger partial charge in [-0.1, -0.05) is 57.8 Å². The largest absolute Gasteiger partial charge is 0.447 e. The molecule has 0 aliphatic rings. The summed E-state index contributed by atoms with van der Waals surface area (Å²) in [6, 6.07) is 3.90. The highest BCUT2D eigenvalue weighted by atomic mass is 79.9. The molecule has 1 aromatic carbocycles. The molecule has 2 aromatic rings. The summed E-state index contributed by atoms with van der Waals surface area (Å²) in [5.41, 5.74) is 7.93. The van der Waals surface area contributed by atoms with E-state index in [9.17, 15) is 24.3 Å². The maximum Gasteiger partial charge on any atom is 0.407 e. The van der Waals surface area contributed by atoms with E-state index in [1.165, 1.54) is 0 Å². The summed E-state index contributed by atoms with van der Waals surface area (Å²) >= 11 is 6.75. The number of anilines is 1. The Morgan fingerprint density at radius 1 is 0.977 bits per heavy atom. The first-order chi connectivity index (χ1) is 21.1. The van der Waals surface area contributed by atoms with Crippen LogP contribution in [0.2, 0.25) is 0 Å². The van der Waals surface area contributed by atoms with E-state index < -0.39 is 36.0 Å². The highest BCUT2D eigenvalue weighted by Gasteiger charge is 2.29. The fourth-order valence-electron chi connectivity index (χ4n) is 3.84. The van der Waals surface area contributed by atoms with Crippen molar-refractivity contribution in [3.8, 4) is 0 Å². The van der Waals surface area contributed by atoms with E-state index in [0.29, 0.717) is 41.5 Å². The van der Waals surface area contributed by atoms with Crippen LogP contribution >= 0.6 is 31.9 Å². The maximum absolute atomic E-state index is 13.2. The number of rotatable bonds is 19. The van der Waals surface area contributed by atoms with Gasteiger partial charge in [-0.05, 0) is 36.5 Å². The van der Waals surface area contributed by atoms with E-state index in [2.05, 4.69) is 63.3 Å². The number of hydrogen-bond donors (Lipinski definition) is 6. The fraction of sp³-hybridized carbons (Fsp3) is 0.556. The van der Waals surface area contributed by atoms with Gasteiger partial charge in [-0.25, -0.2) is 9.59 Å². The number of alkyl halides is 2. The lowest BCUT2D eigenvalue weighted by Gasteiger charge is -2.25. The predicted molar refractivity (Wildman–Crippen MR) is 169 cm³/mol. The molecule has 5 amide bonds. The summed E-state index contributed by atoms with van der Waals surface area (Å²) in [5.74, 6) is -1.40. The van der Waals surface area contributed by atoms with Crippen LogP contribution in [0.1, 0.15) is 43.6 Å². The Morgan fingerprint density at radius 3 is 2.20 bits per heavy atom. The molecule has 2 rings (SSSR count). The lowest BCUT2D eigenvalue weighted by molar-refractivity contribution is -0.128. The molecular formula is C27H40Br2N8O7. The zero-order valence-electron chi connectivity index (χ0n) is 24.7. The van der Waals surface area contributed by atoms with Gasteiger partial charge in [-0.3, -0.25) is 9.59 Å². The van der Waals surface area contributed by atoms with E-state index in [1.807, 2.05) is 0 Å². The van der Waals surface area contributed by atoms with Crippen LogP contribution < -0.4 is 27.0 Å². The fourth-order valence-corrected chi connectivity index (χ4v) is 4.71. The second kappa shape index (κ2) is 19.9.